The van der Waals surface area contributed by atoms with Gasteiger partial charge in [-0.25, -0.2) is 17.9 Å². The Morgan fingerprint density at radius 1 is 1.50 bits per heavy atom. The van der Waals surface area contributed by atoms with Gasteiger partial charge in [0, 0.05) is 18.2 Å². The monoisotopic (exact) mass is 354 g/mol. The molecule has 0 saturated carbocycles. The van der Waals surface area contributed by atoms with E-state index in [-0.39, 0.29) is 35.5 Å². The Morgan fingerprint density at radius 3 is 2.55 bits per heavy atom. The van der Waals surface area contributed by atoms with Crippen molar-refractivity contribution in [1.29, 1.82) is 0 Å². The lowest BCUT2D eigenvalue weighted by molar-refractivity contribution is 0.0600. The third-order valence-electron chi connectivity index (χ3n) is 2.95. The Balaban J connectivity index is 0.00000441. The van der Waals surface area contributed by atoms with Crippen LogP contribution in [0, 0.1) is 5.92 Å². The quantitative estimate of drug-likeness (QED) is 0.718. The molecule has 22 heavy (non-hydrogen) atoms. The summed E-state index contributed by atoms with van der Waals surface area (Å²) in [5, 5.41) is -0.341. The van der Waals surface area contributed by atoms with Gasteiger partial charge >= 0.3 is 5.97 Å². The summed E-state index contributed by atoms with van der Waals surface area (Å²) in [5.41, 5.74) is 4.94. The number of nitrogens with one attached hydrogen (secondary N) is 1. The van der Waals surface area contributed by atoms with Crippen LogP contribution in [0.4, 0.5) is 0 Å². The van der Waals surface area contributed by atoms with Gasteiger partial charge in [0.05, 0.1) is 12.7 Å². The summed E-state index contributed by atoms with van der Waals surface area (Å²) in [4.78, 5) is 11.3. The van der Waals surface area contributed by atoms with Gasteiger partial charge in [0.25, 0.3) is 10.0 Å². The lowest BCUT2D eigenvalue weighted by Gasteiger charge is -2.30. The van der Waals surface area contributed by atoms with Crippen LogP contribution >= 0.6 is 12.4 Å². The van der Waals surface area contributed by atoms with Crippen LogP contribution in [-0.4, -0.2) is 33.6 Å². The number of carbonyl (C=O) groups excluding carboxylic acids is 1. The number of furan rings is 1. The van der Waals surface area contributed by atoms with Crippen LogP contribution < -0.4 is 10.5 Å². The van der Waals surface area contributed by atoms with Gasteiger partial charge in [0.1, 0.15) is 6.26 Å². The van der Waals surface area contributed by atoms with Gasteiger partial charge in [-0.2, -0.15) is 0 Å². The Hall–Kier alpha value is -1.09. The second-order valence-electron chi connectivity index (χ2n) is 5.61. The summed E-state index contributed by atoms with van der Waals surface area (Å²) >= 11 is 0. The third kappa shape index (κ3) is 5.28. The van der Waals surface area contributed by atoms with Gasteiger partial charge in [-0.1, -0.05) is 13.8 Å². The van der Waals surface area contributed by atoms with Crippen molar-refractivity contribution in [1.82, 2.24) is 4.72 Å². The van der Waals surface area contributed by atoms with E-state index in [1.807, 2.05) is 13.8 Å². The number of carbonyl (C=O) groups is 1. The minimum absolute atomic E-state index is 0. The van der Waals surface area contributed by atoms with Crippen molar-refractivity contribution in [3.05, 3.63) is 17.9 Å². The Labute approximate surface area is 137 Å². The number of methoxy groups -OCH3 is 1. The first-order chi connectivity index (χ1) is 9.63. The zero-order valence-corrected chi connectivity index (χ0v) is 14.7. The van der Waals surface area contributed by atoms with E-state index in [4.69, 9.17) is 10.2 Å². The molecule has 1 heterocycles. The minimum Gasteiger partial charge on any atom is -0.465 e. The second-order valence-corrected chi connectivity index (χ2v) is 7.23. The van der Waals surface area contributed by atoms with Crippen molar-refractivity contribution < 1.29 is 22.4 Å². The summed E-state index contributed by atoms with van der Waals surface area (Å²) in [6, 6.07) is 1.13. The van der Waals surface area contributed by atoms with Crippen LogP contribution in [0.3, 0.4) is 0 Å². The molecule has 1 aromatic heterocycles. The fraction of sp³-hybridized carbons (Fsp3) is 0.615. The summed E-state index contributed by atoms with van der Waals surface area (Å²) in [6.45, 7) is 5.83. The maximum Gasteiger partial charge on any atom is 0.341 e. The van der Waals surface area contributed by atoms with Gasteiger partial charge in [-0.05, 0) is 19.3 Å². The van der Waals surface area contributed by atoms with Gasteiger partial charge in [0.2, 0.25) is 5.09 Å². The maximum atomic E-state index is 12.3. The summed E-state index contributed by atoms with van der Waals surface area (Å²) in [7, 11) is -2.70. The van der Waals surface area contributed by atoms with Gasteiger partial charge in [-0.3, -0.25) is 0 Å². The number of halogens is 1. The van der Waals surface area contributed by atoms with Gasteiger partial charge in [-0.15, -0.1) is 12.4 Å². The molecule has 0 aliphatic carbocycles. The molecule has 1 unspecified atom stereocenters. The molecule has 0 amide bonds. The topological polar surface area (TPSA) is 112 Å². The highest BCUT2D eigenvalue weighted by Gasteiger charge is 2.32. The Kier molecular flexibility index (Phi) is 7.56. The molecule has 0 spiro atoms. The second kappa shape index (κ2) is 7.96. The van der Waals surface area contributed by atoms with E-state index in [9.17, 15) is 13.2 Å². The fourth-order valence-electron chi connectivity index (χ4n) is 2.12. The van der Waals surface area contributed by atoms with Gasteiger partial charge < -0.3 is 14.9 Å². The first kappa shape index (κ1) is 20.9. The normalized spacial score (nSPS) is 14.3. The Bertz CT molecular complexity index is 599. The standard InChI is InChI=1S/C13H22N2O5S.ClH/c1-9(2)6-13(3,8-14)15-21(17,18)11-5-10(7-20-11)12(16)19-4;/h5,7,9,15H,6,8,14H2,1-4H3;1H. The average molecular weight is 355 g/mol. The van der Waals surface area contributed by atoms with Crippen LogP contribution in [0.25, 0.3) is 0 Å². The lowest BCUT2D eigenvalue weighted by atomic mass is 9.92. The van der Waals surface area contributed by atoms with Crippen molar-refractivity contribution in [3.8, 4) is 0 Å². The van der Waals surface area contributed by atoms with Crippen LogP contribution in [-0.2, 0) is 14.8 Å². The summed E-state index contributed by atoms with van der Waals surface area (Å²) in [5.74, 6) is -0.396. The van der Waals surface area contributed by atoms with Crippen LogP contribution in [0.5, 0.6) is 0 Å². The average Bonchev–Trinajstić information content (AvgIpc) is 2.86. The molecular formula is C13H23ClN2O5S. The zero-order valence-electron chi connectivity index (χ0n) is 13.1. The number of ether oxygens (including phenoxy) is 1. The predicted molar refractivity (Wildman–Crippen MR) is 84.5 cm³/mol. The molecule has 128 valence electrons. The molecule has 9 heteroatoms. The lowest BCUT2D eigenvalue weighted by Crippen LogP contribution is -2.51. The summed E-state index contributed by atoms with van der Waals surface area (Å²) in [6.07, 6.45) is 1.62. The molecule has 1 aromatic rings. The molecule has 7 nitrogen and oxygen atoms in total. The first-order valence-corrected chi connectivity index (χ1v) is 8.03. The zero-order chi connectivity index (χ0) is 16.3. The van der Waals surface area contributed by atoms with Crippen molar-refractivity contribution in [2.75, 3.05) is 13.7 Å². The molecule has 0 saturated heterocycles. The number of esters is 1. The number of hydrogen-bond acceptors (Lipinski definition) is 6. The molecule has 0 aliphatic heterocycles. The van der Waals surface area contributed by atoms with Crippen molar-refractivity contribution in [3.63, 3.8) is 0 Å². The van der Waals surface area contributed by atoms with Crippen LogP contribution in [0.1, 0.15) is 37.6 Å². The molecule has 1 rings (SSSR count). The first-order valence-electron chi connectivity index (χ1n) is 6.54. The molecule has 0 radical (unpaired) electrons. The highest BCUT2D eigenvalue weighted by molar-refractivity contribution is 7.89. The van der Waals surface area contributed by atoms with E-state index in [2.05, 4.69) is 9.46 Å². The highest BCUT2D eigenvalue weighted by atomic mass is 35.5. The van der Waals surface area contributed by atoms with E-state index < -0.39 is 21.5 Å². The minimum atomic E-state index is -3.90. The number of sulfonamides is 1. The molecule has 0 aromatic carbocycles. The Morgan fingerprint density at radius 2 is 2.09 bits per heavy atom. The number of rotatable bonds is 7. The fourth-order valence-corrected chi connectivity index (χ4v) is 3.50. The highest BCUT2D eigenvalue weighted by Crippen LogP contribution is 2.21. The molecule has 0 fully saturated rings. The van der Waals surface area contributed by atoms with E-state index in [1.54, 1.807) is 6.92 Å². The van der Waals surface area contributed by atoms with Crippen molar-refractivity contribution in [2.45, 2.75) is 37.8 Å². The summed E-state index contributed by atoms with van der Waals surface area (Å²) < 4.78 is 36.6. The van der Waals surface area contributed by atoms with E-state index in [1.165, 1.54) is 7.11 Å². The smallest absolute Gasteiger partial charge is 0.341 e. The molecule has 0 bridgehead atoms. The van der Waals surface area contributed by atoms with Crippen LogP contribution in [0.2, 0.25) is 0 Å². The molecular weight excluding hydrogens is 332 g/mol. The predicted octanol–water partition coefficient (Wildman–Crippen LogP) is 1.53. The van der Waals surface area contributed by atoms with E-state index in [0.29, 0.717) is 6.42 Å². The van der Waals surface area contributed by atoms with Gasteiger partial charge in [0.15, 0.2) is 0 Å². The largest absolute Gasteiger partial charge is 0.465 e. The van der Waals surface area contributed by atoms with E-state index >= 15 is 0 Å². The maximum absolute atomic E-state index is 12.3. The number of nitrogens with two attached hydrogens (primary N) is 1. The molecule has 1 atom stereocenters. The van der Waals surface area contributed by atoms with Crippen molar-refractivity contribution in [2.24, 2.45) is 11.7 Å². The SMILES string of the molecule is COC(=O)c1coc(S(=O)(=O)NC(C)(CN)CC(C)C)c1.Cl. The third-order valence-corrected chi connectivity index (χ3v) is 4.46. The van der Waals surface area contributed by atoms with Crippen LogP contribution in [0.15, 0.2) is 21.8 Å². The van der Waals surface area contributed by atoms with Crippen molar-refractivity contribution >= 4 is 28.4 Å². The number of hydrogen-bond donors (Lipinski definition) is 2. The molecule has 0 aliphatic rings. The molecule has 3 N–H and O–H groups in total. The van der Waals surface area contributed by atoms with E-state index in [0.717, 1.165) is 12.3 Å².